The summed E-state index contributed by atoms with van der Waals surface area (Å²) in [6.07, 6.45) is 1.60. The smallest absolute Gasteiger partial charge is 0.202 e. The summed E-state index contributed by atoms with van der Waals surface area (Å²) < 4.78 is 10.5. The zero-order chi connectivity index (χ0) is 13.9. The van der Waals surface area contributed by atoms with Crippen molar-refractivity contribution >= 4 is 29.1 Å². The maximum absolute atomic E-state index is 5.98. The predicted molar refractivity (Wildman–Crippen MR) is 79.6 cm³/mol. The van der Waals surface area contributed by atoms with Gasteiger partial charge in [0.15, 0.2) is 5.76 Å². The van der Waals surface area contributed by atoms with E-state index >= 15 is 0 Å². The van der Waals surface area contributed by atoms with Crippen LogP contribution in [0.3, 0.4) is 0 Å². The van der Waals surface area contributed by atoms with Crippen LogP contribution in [0, 0.1) is 0 Å². The molecule has 0 saturated carbocycles. The molecular weight excluding hydrogens is 296 g/mol. The quantitative estimate of drug-likeness (QED) is 0.569. The minimum Gasteiger partial charge on any atom is -0.461 e. The number of hydrogen-bond acceptors (Lipinski definition) is 5. The van der Waals surface area contributed by atoms with E-state index in [1.165, 1.54) is 0 Å². The van der Waals surface area contributed by atoms with Gasteiger partial charge in [0.05, 0.1) is 22.7 Å². The monoisotopic (exact) mass is 306 g/mol. The van der Waals surface area contributed by atoms with Gasteiger partial charge in [0, 0.05) is 16.7 Å². The standard InChI is InChI=1S/C14H11ClN2O2S/c15-11-7-10(3-4-12(11)16)20-8-9-6-14(19-17-9)13-2-1-5-18-13/h1-7H,8,16H2. The van der Waals surface area contributed by atoms with Crippen molar-refractivity contribution in [1.29, 1.82) is 0 Å². The lowest BCUT2D eigenvalue weighted by atomic mass is 10.3. The van der Waals surface area contributed by atoms with E-state index in [1.54, 1.807) is 24.1 Å². The van der Waals surface area contributed by atoms with E-state index in [9.17, 15) is 0 Å². The summed E-state index contributed by atoms with van der Waals surface area (Å²) in [5.74, 6) is 1.98. The van der Waals surface area contributed by atoms with Crippen LogP contribution in [0.4, 0.5) is 5.69 Å². The third kappa shape index (κ3) is 2.84. The molecule has 20 heavy (non-hydrogen) atoms. The van der Waals surface area contributed by atoms with Gasteiger partial charge in [-0.25, -0.2) is 0 Å². The number of furan rings is 1. The fourth-order valence-electron chi connectivity index (χ4n) is 1.67. The van der Waals surface area contributed by atoms with Crippen LogP contribution in [0.2, 0.25) is 5.02 Å². The van der Waals surface area contributed by atoms with Crippen LogP contribution in [-0.4, -0.2) is 5.16 Å². The Balaban J connectivity index is 1.68. The zero-order valence-electron chi connectivity index (χ0n) is 10.4. The summed E-state index contributed by atoms with van der Waals surface area (Å²) in [4.78, 5) is 1.03. The van der Waals surface area contributed by atoms with Gasteiger partial charge in [-0.1, -0.05) is 16.8 Å². The van der Waals surface area contributed by atoms with Crippen molar-refractivity contribution in [3.05, 3.63) is 53.4 Å². The SMILES string of the molecule is Nc1ccc(SCc2cc(-c3ccco3)on2)cc1Cl. The van der Waals surface area contributed by atoms with Crippen molar-refractivity contribution < 1.29 is 8.94 Å². The molecule has 3 aromatic rings. The number of hydrogen-bond donors (Lipinski definition) is 1. The van der Waals surface area contributed by atoms with Crippen LogP contribution in [0.15, 0.2) is 56.5 Å². The molecule has 0 aliphatic heterocycles. The number of nitrogen functional groups attached to an aromatic ring is 1. The number of nitrogens with zero attached hydrogens (tertiary/aromatic N) is 1. The van der Waals surface area contributed by atoms with Crippen molar-refractivity contribution in [2.45, 2.75) is 10.6 Å². The molecule has 0 unspecified atom stereocenters. The van der Waals surface area contributed by atoms with E-state index < -0.39 is 0 Å². The Morgan fingerprint density at radius 2 is 2.10 bits per heavy atom. The largest absolute Gasteiger partial charge is 0.461 e. The second-order valence-electron chi connectivity index (χ2n) is 4.13. The molecule has 2 N–H and O–H groups in total. The number of rotatable bonds is 4. The molecule has 0 aliphatic carbocycles. The van der Waals surface area contributed by atoms with Crippen LogP contribution in [0.25, 0.3) is 11.5 Å². The van der Waals surface area contributed by atoms with Crippen molar-refractivity contribution in [1.82, 2.24) is 5.16 Å². The number of benzene rings is 1. The molecule has 4 nitrogen and oxygen atoms in total. The second kappa shape index (κ2) is 5.64. The summed E-state index contributed by atoms with van der Waals surface area (Å²) in [6, 6.07) is 11.1. The van der Waals surface area contributed by atoms with Crippen molar-refractivity contribution in [2.75, 3.05) is 5.73 Å². The lowest BCUT2D eigenvalue weighted by Crippen LogP contribution is -1.86. The topological polar surface area (TPSA) is 65.2 Å². The lowest BCUT2D eigenvalue weighted by Gasteiger charge is -2.01. The first-order chi connectivity index (χ1) is 9.72. The molecule has 0 atom stereocenters. The maximum atomic E-state index is 5.98. The van der Waals surface area contributed by atoms with Gasteiger partial charge in [-0.15, -0.1) is 11.8 Å². The Labute approximate surface area is 124 Å². The molecule has 2 heterocycles. The summed E-state index contributed by atoms with van der Waals surface area (Å²) in [7, 11) is 0. The molecule has 0 spiro atoms. The van der Waals surface area contributed by atoms with Crippen LogP contribution in [0.1, 0.15) is 5.69 Å². The molecule has 0 saturated heterocycles. The minimum atomic E-state index is 0.562. The predicted octanol–water partition coefficient (Wildman–Crippen LogP) is 4.46. The van der Waals surface area contributed by atoms with Gasteiger partial charge >= 0.3 is 0 Å². The van der Waals surface area contributed by atoms with Crippen molar-refractivity contribution in [2.24, 2.45) is 0 Å². The molecule has 0 bridgehead atoms. The van der Waals surface area contributed by atoms with Gasteiger partial charge in [0.1, 0.15) is 0 Å². The number of halogens is 1. The zero-order valence-corrected chi connectivity index (χ0v) is 11.9. The first kappa shape index (κ1) is 13.1. The number of anilines is 1. The Morgan fingerprint density at radius 3 is 2.85 bits per heavy atom. The average molecular weight is 307 g/mol. The fourth-order valence-corrected chi connectivity index (χ4v) is 2.73. The Morgan fingerprint density at radius 1 is 1.20 bits per heavy atom. The molecule has 0 radical (unpaired) electrons. The Hall–Kier alpha value is -1.85. The molecule has 3 rings (SSSR count). The minimum absolute atomic E-state index is 0.562. The summed E-state index contributed by atoms with van der Waals surface area (Å²) in [6.45, 7) is 0. The van der Waals surface area contributed by atoms with Crippen LogP contribution < -0.4 is 5.73 Å². The molecule has 0 aliphatic rings. The Bertz CT molecular complexity index is 710. The second-order valence-corrected chi connectivity index (χ2v) is 5.59. The molecule has 102 valence electrons. The first-order valence-electron chi connectivity index (χ1n) is 5.89. The van der Waals surface area contributed by atoms with E-state index in [-0.39, 0.29) is 0 Å². The van der Waals surface area contributed by atoms with Crippen LogP contribution >= 0.6 is 23.4 Å². The number of aromatic nitrogens is 1. The van der Waals surface area contributed by atoms with Crippen LogP contribution in [0.5, 0.6) is 0 Å². The van der Waals surface area contributed by atoms with Gasteiger partial charge in [-0.3, -0.25) is 0 Å². The van der Waals surface area contributed by atoms with Gasteiger partial charge in [0.2, 0.25) is 5.76 Å². The highest BCUT2D eigenvalue weighted by Crippen LogP contribution is 2.29. The summed E-state index contributed by atoms with van der Waals surface area (Å²) in [5, 5.41) is 4.58. The normalized spacial score (nSPS) is 10.8. The van der Waals surface area contributed by atoms with Gasteiger partial charge in [-0.2, -0.15) is 0 Å². The molecule has 0 fully saturated rings. The van der Waals surface area contributed by atoms with Crippen LogP contribution in [-0.2, 0) is 5.75 Å². The Kier molecular flexibility index (Phi) is 3.71. The number of thioether (sulfide) groups is 1. The molecule has 6 heteroatoms. The first-order valence-corrected chi connectivity index (χ1v) is 7.26. The molecular formula is C14H11ClN2O2S. The lowest BCUT2D eigenvalue weighted by molar-refractivity contribution is 0.413. The average Bonchev–Trinajstić information content (AvgIpc) is 3.09. The highest BCUT2D eigenvalue weighted by atomic mass is 35.5. The maximum Gasteiger partial charge on any atom is 0.202 e. The highest BCUT2D eigenvalue weighted by Gasteiger charge is 2.09. The van der Waals surface area contributed by atoms with Crippen molar-refractivity contribution in [3.63, 3.8) is 0 Å². The van der Waals surface area contributed by atoms with E-state index in [2.05, 4.69) is 5.16 Å². The van der Waals surface area contributed by atoms with E-state index in [0.717, 1.165) is 10.6 Å². The molecule has 2 aromatic heterocycles. The highest BCUT2D eigenvalue weighted by molar-refractivity contribution is 7.98. The summed E-state index contributed by atoms with van der Waals surface area (Å²) in [5.41, 5.74) is 7.10. The fraction of sp³-hybridized carbons (Fsp3) is 0.0714. The van der Waals surface area contributed by atoms with E-state index in [1.807, 2.05) is 30.3 Å². The molecule has 1 aromatic carbocycles. The molecule has 0 amide bonds. The third-order valence-corrected chi connectivity index (χ3v) is 4.04. The van der Waals surface area contributed by atoms with Gasteiger partial charge in [0.25, 0.3) is 0 Å². The third-order valence-electron chi connectivity index (χ3n) is 2.68. The van der Waals surface area contributed by atoms with E-state index in [4.69, 9.17) is 26.3 Å². The van der Waals surface area contributed by atoms with Crippen molar-refractivity contribution in [3.8, 4) is 11.5 Å². The van der Waals surface area contributed by atoms with Gasteiger partial charge < -0.3 is 14.7 Å². The van der Waals surface area contributed by atoms with Gasteiger partial charge in [-0.05, 0) is 30.3 Å². The number of nitrogens with two attached hydrogens (primary N) is 1. The summed E-state index contributed by atoms with van der Waals surface area (Å²) >= 11 is 7.60. The van der Waals surface area contributed by atoms with E-state index in [0.29, 0.717) is 28.0 Å².